The first-order chi connectivity index (χ1) is 11.1. The molecule has 0 aliphatic carbocycles. The van der Waals surface area contributed by atoms with Crippen LogP contribution in [-0.2, 0) is 9.59 Å². The SMILES string of the molecule is COc1ccc(OCCC(=O)N2CCN(C(=O)CCl)CC2)cc1. The molecule has 1 saturated heterocycles. The number of carbonyl (C=O) groups excluding carboxylic acids is 2. The Morgan fingerprint density at radius 3 is 2.04 bits per heavy atom. The summed E-state index contributed by atoms with van der Waals surface area (Å²) in [5, 5.41) is 0. The molecule has 0 bridgehead atoms. The molecule has 0 atom stereocenters. The van der Waals surface area contributed by atoms with Crippen LogP contribution >= 0.6 is 11.6 Å². The zero-order chi connectivity index (χ0) is 16.7. The van der Waals surface area contributed by atoms with E-state index in [0.717, 1.165) is 5.75 Å². The predicted molar refractivity (Wildman–Crippen MR) is 87.0 cm³/mol. The normalized spacial score (nSPS) is 14.5. The van der Waals surface area contributed by atoms with E-state index in [1.54, 1.807) is 29.0 Å². The number of hydrogen-bond donors (Lipinski definition) is 0. The van der Waals surface area contributed by atoms with Crippen LogP contribution in [0.4, 0.5) is 0 Å². The maximum absolute atomic E-state index is 12.1. The van der Waals surface area contributed by atoms with Gasteiger partial charge in [-0.15, -0.1) is 11.6 Å². The number of alkyl halides is 1. The number of rotatable bonds is 6. The van der Waals surface area contributed by atoms with Crippen molar-refractivity contribution in [2.75, 3.05) is 45.8 Å². The maximum Gasteiger partial charge on any atom is 0.237 e. The third-order valence-electron chi connectivity index (χ3n) is 3.74. The largest absolute Gasteiger partial charge is 0.497 e. The zero-order valence-corrected chi connectivity index (χ0v) is 13.9. The van der Waals surface area contributed by atoms with E-state index < -0.39 is 0 Å². The highest BCUT2D eigenvalue weighted by molar-refractivity contribution is 6.27. The number of benzene rings is 1. The van der Waals surface area contributed by atoms with Gasteiger partial charge in [-0.2, -0.15) is 0 Å². The summed E-state index contributed by atoms with van der Waals surface area (Å²) in [6, 6.07) is 7.23. The number of ether oxygens (including phenoxy) is 2. The molecule has 0 aromatic heterocycles. The first kappa shape index (κ1) is 17.4. The number of piperazine rings is 1. The van der Waals surface area contributed by atoms with Crippen molar-refractivity contribution in [2.24, 2.45) is 0 Å². The lowest BCUT2D eigenvalue weighted by atomic mass is 10.2. The highest BCUT2D eigenvalue weighted by Crippen LogP contribution is 2.17. The maximum atomic E-state index is 12.1. The topological polar surface area (TPSA) is 59.1 Å². The minimum absolute atomic E-state index is 0.0103. The van der Waals surface area contributed by atoms with Gasteiger partial charge in [0.15, 0.2) is 0 Å². The summed E-state index contributed by atoms with van der Waals surface area (Å²) in [7, 11) is 1.61. The second-order valence-electron chi connectivity index (χ2n) is 5.17. The number of hydrogen-bond acceptors (Lipinski definition) is 4. The van der Waals surface area contributed by atoms with E-state index in [0.29, 0.717) is 45.0 Å². The van der Waals surface area contributed by atoms with Gasteiger partial charge in [-0.05, 0) is 24.3 Å². The minimum Gasteiger partial charge on any atom is -0.497 e. The summed E-state index contributed by atoms with van der Waals surface area (Å²) in [4.78, 5) is 27.1. The van der Waals surface area contributed by atoms with Crippen molar-refractivity contribution in [1.82, 2.24) is 9.80 Å². The molecule has 1 heterocycles. The smallest absolute Gasteiger partial charge is 0.237 e. The first-order valence-corrected chi connectivity index (χ1v) is 8.06. The molecule has 0 N–H and O–H groups in total. The quantitative estimate of drug-likeness (QED) is 0.734. The van der Waals surface area contributed by atoms with Gasteiger partial charge in [0.1, 0.15) is 17.4 Å². The van der Waals surface area contributed by atoms with Crippen LogP contribution in [0, 0.1) is 0 Å². The second kappa shape index (κ2) is 8.62. The minimum atomic E-state index is -0.0818. The standard InChI is InChI=1S/C16H21ClN2O4/c1-22-13-2-4-14(5-3-13)23-11-6-15(20)18-7-9-19(10-8-18)16(21)12-17/h2-5H,6-12H2,1H3. The predicted octanol–water partition coefficient (Wildman–Crippen LogP) is 1.37. The van der Waals surface area contributed by atoms with Gasteiger partial charge >= 0.3 is 0 Å². The molecule has 1 aromatic rings. The summed E-state index contributed by atoms with van der Waals surface area (Å²) < 4.78 is 10.6. The Kier molecular flexibility index (Phi) is 6.52. The molecule has 1 fully saturated rings. The Balaban J connectivity index is 1.70. The fourth-order valence-corrected chi connectivity index (χ4v) is 2.55. The fraction of sp³-hybridized carbons (Fsp3) is 0.500. The molecule has 1 aliphatic rings. The fourth-order valence-electron chi connectivity index (χ4n) is 2.38. The Labute approximate surface area is 140 Å². The van der Waals surface area contributed by atoms with Crippen molar-refractivity contribution < 1.29 is 19.1 Å². The van der Waals surface area contributed by atoms with Crippen molar-refractivity contribution in [1.29, 1.82) is 0 Å². The summed E-state index contributed by atoms with van der Waals surface area (Å²) in [5.74, 6) is 1.41. The lowest BCUT2D eigenvalue weighted by Crippen LogP contribution is -2.51. The summed E-state index contributed by atoms with van der Waals surface area (Å²) in [6.07, 6.45) is 0.315. The van der Waals surface area contributed by atoms with E-state index in [-0.39, 0.29) is 17.7 Å². The summed E-state index contributed by atoms with van der Waals surface area (Å²) >= 11 is 5.53. The molecule has 126 valence electrons. The number of amides is 2. The third kappa shape index (κ3) is 5.03. The Morgan fingerprint density at radius 1 is 1.00 bits per heavy atom. The molecule has 1 aliphatic heterocycles. The van der Waals surface area contributed by atoms with Crippen molar-refractivity contribution in [2.45, 2.75) is 6.42 Å². The van der Waals surface area contributed by atoms with Crippen LogP contribution in [0.5, 0.6) is 11.5 Å². The van der Waals surface area contributed by atoms with Gasteiger partial charge in [0.2, 0.25) is 11.8 Å². The molecule has 23 heavy (non-hydrogen) atoms. The van der Waals surface area contributed by atoms with Gasteiger partial charge in [-0.3, -0.25) is 9.59 Å². The molecular formula is C16H21ClN2O4. The van der Waals surface area contributed by atoms with E-state index in [1.807, 2.05) is 12.1 Å². The monoisotopic (exact) mass is 340 g/mol. The molecular weight excluding hydrogens is 320 g/mol. The highest BCUT2D eigenvalue weighted by Gasteiger charge is 2.23. The van der Waals surface area contributed by atoms with Crippen molar-refractivity contribution in [3.8, 4) is 11.5 Å². The lowest BCUT2D eigenvalue weighted by Gasteiger charge is -2.34. The van der Waals surface area contributed by atoms with Crippen LogP contribution in [0.2, 0.25) is 0 Å². The average molecular weight is 341 g/mol. The lowest BCUT2D eigenvalue weighted by molar-refractivity contribution is -0.138. The average Bonchev–Trinajstić information content (AvgIpc) is 2.61. The number of nitrogens with zero attached hydrogens (tertiary/aromatic N) is 2. The molecule has 0 saturated carbocycles. The molecule has 0 unspecified atom stereocenters. The van der Waals surface area contributed by atoms with Crippen molar-refractivity contribution >= 4 is 23.4 Å². The molecule has 1 aromatic carbocycles. The van der Waals surface area contributed by atoms with Gasteiger partial charge in [-0.25, -0.2) is 0 Å². The van der Waals surface area contributed by atoms with Crippen LogP contribution in [-0.4, -0.2) is 67.4 Å². The summed E-state index contributed by atoms with van der Waals surface area (Å²) in [6.45, 7) is 2.49. The number of methoxy groups -OCH3 is 1. The van der Waals surface area contributed by atoms with Gasteiger partial charge in [0.05, 0.1) is 20.1 Å². The van der Waals surface area contributed by atoms with E-state index in [4.69, 9.17) is 21.1 Å². The first-order valence-electron chi connectivity index (χ1n) is 7.52. The van der Waals surface area contributed by atoms with Crippen LogP contribution in [0.25, 0.3) is 0 Å². The van der Waals surface area contributed by atoms with Gasteiger partial charge in [-0.1, -0.05) is 0 Å². The van der Waals surface area contributed by atoms with Gasteiger partial charge in [0.25, 0.3) is 0 Å². The number of carbonyl (C=O) groups is 2. The van der Waals surface area contributed by atoms with Gasteiger partial charge < -0.3 is 19.3 Å². The van der Waals surface area contributed by atoms with Gasteiger partial charge in [0, 0.05) is 26.2 Å². The van der Waals surface area contributed by atoms with Crippen LogP contribution in [0.1, 0.15) is 6.42 Å². The van der Waals surface area contributed by atoms with Crippen molar-refractivity contribution in [3.63, 3.8) is 0 Å². The Hall–Kier alpha value is -1.95. The highest BCUT2D eigenvalue weighted by atomic mass is 35.5. The molecule has 2 rings (SSSR count). The van der Waals surface area contributed by atoms with Crippen LogP contribution in [0.3, 0.4) is 0 Å². The summed E-state index contributed by atoms with van der Waals surface area (Å²) in [5.41, 5.74) is 0. The Bertz CT molecular complexity index is 527. The zero-order valence-electron chi connectivity index (χ0n) is 13.2. The third-order valence-corrected chi connectivity index (χ3v) is 3.97. The van der Waals surface area contributed by atoms with Crippen LogP contribution < -0.4 is 9.47 Å². The van der Waals surface area contributed by atoms with E-state index in [2.05, 4.69) is 0 Å². The second-order valence-corrected chi connectivity index (χ2v) is 5.44. The van der Waals surface area contributed by atoms with Crippen molar-refractivity contribution in [3.05, 3.63) is 24.3 Å². The molecule has 0 spiro atoms. The molecule has 6 nitrogen and oxygen atoms in total. The molecule has 7 heteroatoms. The van der Waals surface area contributed by atoms with E-state index >= 15 is 0 Å². The molecule has 2 amide bonds. The Morgan fingerprint density at radius 2 is 1.52 bits per heavy atom. The molecule has 0 radical (unpaired) electrons. The van der Waals surface area contributed by atoms with Crippen LogP contribution in [0.15, 0.2) is 24.3 Å². The van der Waals surface area contributed by atoms with E-state index in [9.17, 15) is 9.59 Å². The van der Waals surface area contributed by atoms with E-state index in [1.165, 1.54) is 0 Å². The number of halogens is 1.